The molecule has 0 amide bonds. The Morgan fingerprint density at radius 3 is 2.33 bits per heavy atom. The molecule has 0 aliphatic rings. The lowest BCUT2D eigenvalue weighted by Gasteiger charge is -2.08. The van der Waals surface area contributed by atoms with E-state index in [4.69, 9.17) is 11.1 Å². The van der Waals surface area contributed by atoms with Crippen LogP contribution in [0, 0.1) is 12.3 Å². The average Bonchev–Trinajstić information content (AvgIpc) is 2.26. The van der Waals surface area contributed by atoms with E-state index >= 15 is 0 Å². The maximum Gasteiger partial charge on any atom is 0.120 e. The third kappa shape index (κ3) is 3.72. The number of benzene rings is 1. The zero-order chi connectivity index (χ0) is 11.3. The van der Waals surface area contributed by atoms with Crippen LogP contribution < -0.4 is 5.73 Å². The minimum absolute atomic E-state index is 0.163. The van der Waals surface area contributed by atoms with E-state index in [9.17, 15) is 5.11 Å². The lowest BCUT2D eigenvalue weighted by molar-refractivity contribution is 0.229. The van der Waals surface area contributed by atoms with Gasteiger partial charge < -0.3 is 10.8 Å². The zero-order valence-electron chi connectivity index (χ0n) is 8.74. The van der Waals surface area contributed by atoms with Gasteiger partial charge in [0.15, 0.2) is 0 Å². The highest BCUT2D eigenvalue weighted by atomic mass is 16.3. The quantitative estimate of drug-likeness (QED) is 0.501. The fourth-order valence-electron chi connectivity index (χ4n) is 1.33. The van der Waals surface area contributed by atoms with Crippen molar-refractivity contribution in [3.8, 4) is 0 Å². The van der Waals surface area contributed by atoms with Gasteiger partial charge in [0.2, 0.25) is 0 Å². The first-order valence-electron chi connectivity index (χ1n) is 5.02. The normalized spacial score (nSPS) is 12.4. The largest absolute Gasteiger partial charge is 0.385 e. The fourth-order valence-corrected chi connectivity index (χ4v) is 1.33. The highest BCUT2D eigenvalue weighted by Gasteiger charge is 2.06. The van der Waals surface area contributed by atoms with Gasteiger partial charge in [-0.2, -0.15) is 0 Å². The second kappa shape index (κ2) is 5.51. The van der Waals surface area contributed by atoms with Crippen molar-refractivity contribution in [2.24, 2.45) is 5.73 Å². The molecule has 1 aromatic rings. The van der Waals surface area contributed by atoms with Gasteiger partial charge in [0.25, 0.3) is 0 Å². The van der Waals surface area contributed by atoms with Crippen LogP contribution in [0.2, 0.25) is 0 Å². The van der Waals surface area contributed by atoms with Crippen LogP contribution >= 0.6 is 0 Å². The molecule has 0 saturated heterocycles. The van der Waals surface area contributed by atoms with Crippen molar-refractivity contribution in [2.45, 2.75) is 25.4 Å². The van der Waals surface area contributed by atoms with Crippen LogP contribution in [-0.2, 0) is 12.8 Å². The summed E-state index contributed by atoms with van der Waals surface area (Å²) < 4.78 is 0. The van der Waals surface area contributed by atoms with Crippen LogP contribution in [0.25, 0.3) is 0 Å². The van der Waals surface area contributed by atoms with Gasteiger partial charge in [-0.05, 0) is 37.3 Å². The second-order valence-electron chi connectivity index (χ2n) is 3.58. The number of hydrogen-bond donors (Lipinski definition) is 3. The predicted octanol–water partition coefficient (Wildman–Crippen LogP) is 1.29. The van der Waals surface area contributed by atoms with Crippen molar-refractivity contribution in [1.29, 1.82) is 5.41 Å². The molecule has 4 N–H and O–H groups in total. The smallest absolute Gasteiger partial charge is 0.120 e. The van der Waals surface area contributed by atoms with Gasteiger partial charge in [0.1, 0.15) is 11.9 Å². The van der Waals surface area contributed by atoms with Gasteiger partial charge >= 0.3 is 0 Å². The summed E-state index contributed by atoms with van der Waals surface area (Å²) in [6, 6.07) is 8.10. The molecule has 81 valence electrons. The molecule has 0 heterocycles. The Kier molecular flexibility index (Phi) is 4.31. The first-order valence-corrected chi connectivity index (χ1v) is 5.02. The molecule has 1 atom stereocenters. The first kappa shape index (κ1) is 11.7. The van der Waals surface area contributed by atoms with Crippen LogP contribution in [0.15, 0.2) is 24.3 Å². The van der Waals surface area contributed by atoms with Crippen LogP contribution in [0.4, 0.5) is 0 Å². The van der Waals surface area contributed by atoms with Crippen LogP contribution in [-0.4, -0.2) is 17.0 Å². The molecule has 0 aliphatic carbocycles. The lowest BCUT2D eigenvalue weighted by atomic mass is 10.0. The van der Waals surface area contributed by atoms with Crippen molar-refractivity contribution >= 4 is 5.84 Å². The third-order valence-corrected chi connectivity index (χ3v) is 2.38. The Morgan fingerprint density at radius 1 is 1.33 bits per heavy atom. The summed E-state index contributed by atoms with van der Waals surface area (Å²) in [5, 5.41) is 16.4. The minimum Gasteiger partial charge on any atom is -0.385 e. The number of rotatable bonds is 5. The highest BCUT2D eigenvalue weighted by molar-refractivity contribution is 5.81. The van der Waals surface area contributed by atoms with E-state index in [0.717, 1.165) is 18.4 Å². The maximum absolute atomic E-state index is 9.33. The Morgan fingerprint density at radius 2 is 1.87 bits per heavy atom. The molecule has 0 aromatic heterocycles. The summed E-state index contributed by atoms with van der Waals surface area (Å²) in [5.41, 5.74) is 7.52. The van der Waals surface area contributed by atoms with Gasteiger partial charge in [-0.15, -0.1) is 0 Å². The molecule has 1 radical (unpaired) electrons. The number of amidine groups is 1. The van der Waals surface area contributed by atoms with E-state index in [-0.39, 0.29) is 5.84 Å². The highest BCUT2D eigenvalue weighted by Crippen LogP contribution is 2.08. The predicted molar refractivity (Wildman–Crippen MR) is 61.7 cm³/mol. The fraction of sp³-hybridized carbons (Fsp3) is 0.333. The second-order valence-corrected chi connectivity index (χ2v) is 3.58. The third-order valence-electron chi connectivity index (χ3n) is 2.38. The van der Waals surface area contributed by atoms with Crippen molar-refractivity contribution < 1.29 is 5.11 Å². The molecule has 0 aliphatic heterocycles. The topological polar surface area (TPSA) is 70.1 Å². The van der Waals surface area contributed by atoms with E-state index in [0.29, 0.717) is 6.42 Å². The molecular formula is C12H17N2O. The molecule has 1 rings (SSSR count). The van der Waals surface area contributed by atoms with E-state index in [1.807, 2.05) is 24.3 Å². The number of aryl methyl sites for hydroxylation is 1. The Hall–Kier alpha value is -1.35. The van der Waals surface area contributed by atoms with Gasteiger partial charge in [0, 0.05) is 0 Å². The van der Waals surface area contributed by atoms with Gasteiger partial charge in [0.05, 0.1) is 0 Å². The molecule has 1 aromatic carbocycles. The van der Waals surface area contributed by atoms with E-state index < -0.39 is 6.10 Å². The molecule has 0 bridgehead atoms. The number of aliphatic hydroxyl groups excluding tert-OH is 1. The monoisotopic (exact) mass is 205 g/mol. The standard InChI is InChI=1S/C12H17N2O/c1-2-9-3-5-10(6-4-9)7-8-11(15)12(13)14/h3-6,11,15H,1-2,7-8H2,(H3,13,14). The SMILES string of the molecule is [CH2]Cc1ccc(CCC(O)C(=N)N)cc1. The lowest BCUT2D eigenvalue weighted by Crippen LogP contribution is -2.27. The van der Waals surface area contributed by atoms with Crippen molar-refractivity contribution in [1.82, 2.24) is 0 Å². The molecule has 0 saturated carbocycles. The van der Waals surface area contributed by atoms with Crippen LogP contribution in [0.1, 0.15) is 17.5 Å². The Bertz CT molecular complexity index is 319. The molecule has 3 heteroatoms. The van der Waals surface area contributed by atoms with E-state index in [2.05, 4.69) is 6.92 Å². The van der Waals surface area contributed by atoms with Crippen molar-refractivity contribution in [3.63, 3.8) is 0 Å². The maximum atomic E-state index is 9.33. The van der Waals surface area contributed by atoms with Gasteiger partial charge in [-0.1, -0.05) is 24.3 Å². The van der Waals surface area contributed by atoms with Crippen LogP contribution in [0.5, 0.6) is 0 Å². The Labute approximate surface area is 90.4 Å². The summed E-state index contributed by atoms with van der Waals surface area (Å²) in [7, 11) is 0. The van der Waals surface area contributed by atoms with Gasteiger partial charge in [-0.25, -0.2) is 0 Å². The average molecular weight is 205 g/mol. The summed E-state index contributed by atoms with van der Waals surface area (Å²) in [5.74, 6) is -0.163. The van der Waals surface area contributed by atoms with Crippen molar-refractivity contribution in [3.05, 3.63) is 42.3 Å². The van der Waals surface area contributed by atoms with Crippen LogP contribution in [0.3, 0.4) is 0 Å². The summed E-state index contributed by atoms with van der Waals surface area (Å²) in [6.45, 7) is 3.80. The number of nitrogens with two attached hydrogens (primary N) is 1. The number of aliphatic hydroxyl groups is 1. The molecule has 0 fully saturated rings. The summed E-state index contributed by atoms with van der Waals surface area (Å²) in [4.78, 5) is 0. The molecule has 0 spiro atoms. The van der Waals surface area contributed by atoms with Gasteiger partial charge in [-0.3, -0.25) is 5.41 Å². The minimum atomic E-state index is -0.822. The summed E-state index contributed by atoms with van der Waals surface area (Å²) in [6.07, 6.45) is 1.20. The number of nitrogens with one attached hydrogen (secondary N) is 1. The molecule has 15 heavy (non-hydrogen) atoms. The van der Waals surface area contributed by atoms with Crippen molar-refractivity contribution in [2.75, 3.05) is 0 Å². The Balaban J connectivity index is 2.47. The molecule has 1 unspecified atom stereocenters. The first-order chi connectivity index (χ1) is 7.13. The molecular weight excluding hydrogens is 188 g/mol. The van der Waals surface area contributed by atoms with E-state index in [1.165, 1.54) is 5.56 Å². The van der Waals surface area contributed by atoms with E-state index in [1.54, 1.807) is 0 Å². The number of hydrogen-bond acceptors (Lipinski definition) is 2. The molecule has 3 nitrogen and oxygen atoms in total. The zero-order valence-corrected chi connectivity index (χ0v) is 8.74. The summed E-state index contributed by atoms with van der Waals surface area (Å²) >= 11 is 0.